The highest BCUT2D eigenvalue weighted by molar-refractivity contribution is 5.92. The van der Waals surface area contributed by atoms with Gasteiger partial charge in [-0.15, -0.1) is 0 Å². The van der Waals surface area contributed by atoms with Gasteiger partial charge in [0.2, 0.25) is 5.91 Å². The number of aromatic carboxylic acids is 1. The van der Waals surface area contributed by atoms with E-state index in [0.29, 0.717) is 18.7 Å². The summed E-state index contributed by atoms with van der Waals surface area (Å²) in [7, 11) is 1.58. The first-order valence-electron chi connectivity index (χ1n) is 11.2. The van der Waals surface area contributed by atoms with Gasteiger partial charge in [-0.1, -0.05) is 42.0 Å². The van der Waals surface area contributed by atoms with Crippen LogP contribution in [-0.4, -0.2) is 40.0 Å². The largest absolute Gasteiger partial charge is 0.497 e. The van der Waals surface area contributed by atoms with Gasteiger partial charge in [-0.05, 0) is 42.3 Å². The molecule has 4 rings (SSSR count). The van der Waals surface area contributed by atoms with Crippen LogP contribution in [0, 0.1) is 17.0 Å². The Labute approximate surface area is 208 Å². The predicted molar refractivity (Wildman–Crippen MR) is 134 cm³/mol. The van der Waals surface area contributed by atoms with Crippen LogP contribution in [0.5, 0.6) is 5.75 Å². The molecule has 1 aliphatic heterocycles. The van der Waals surface area contributed by atoms with E-state index in [1.807, 2.05) is 55.5 Å². The molecule has 1 atom stereocenters. The number of nitrogens with zero attached hydrogens (tertiary/aromatic N) is 3. The van der Waals surface area contributed by atoms with E-state index in [-0.39, 0.29) is 22.8 Å². The zero-order chi connectivity index (χ0) is 25.8. The van der Waals surface area contributed by atoms with Crippen molar-refractivity contribution in [3.63, 3.8) is 0 Å². The molecule has 0 bridgehead atoms. The molecule has 0 spiro atoms. The number of nitro benzene ring substituents is 1. The van der Waals surface area contributed by atoms with Crippen LogP contribution in [0.1, 0.15) is 27.0 Å². The lowest BCUT2D eigenvalue weighted by molar-refractivity contribution is -0.384. The van der Waals surface area contributed by atoms with Gasteiger partial charge in [-0.25, -0.2) is 4.79 Å². The minimum absolute atomic E-state index is 0.149. The average Bonchev–Trinajstić information content (AvgIpc) is 2.87. The number of amides is 1. The fourth-order valence-corrected chi connectivity index (χ4v) is 4.10. The van der Waals surface area contributed by atoms with Crippen LogP contribution in [0.3, 0.4) is 0 Å². The Kier molecular flexibility index (Phi) is 7.00. The second kappa shape index (κ2) is 10.3. The summed E-state index contributed by atoms with van der Waals surface area (Å²) in [6, 6.07) is 18.0. The van der Waals surface area contributed by atoms with E-state index in [1.54, 1.807) is 29.3 Å². The molecule has 3 aromatic rings. The van der Waals surface area contributed by atoms with Gasteiger partial charge in [0.25, 0.3) is 5.69 Å². The molecule has 1 N–H and O–H groups in total. The summed E-state index contributed by atoms with van der Waals surface area (Å²) in [6.07, 6.45) is 3.53. The van der Waals surface area contributed by atoms with Crippen LogP contribution < -0.4 is 9.64 Å². The van der Waals surface area contributed by atoms with Crippen molar-refractivity contribution >= 4 is 23.3 Å². The lowest BCUT2D eigenvalue weighted by Gasteiger charge is -2.37. The molecular formula is C27H25N3O6. The molecule has 36 heavy (non-hydrogen) atoms. The number of carboxylic acid groups (broad SMARTS) is 1. The summed E-state index contributed by atoms with van der Waals surface area (Å²) in [5.41, 5.74) is 2.43. The zero-order valence-corrected chi connectivity index (χ0v) is 19.8. The summed E-state index contributed by atoms with van der Waals surface area (Å²) in [5.74, 6) is -0.790. The fraction of sp³-hybridized carbons (Fsp3) is 0.185. The number of benzene rings is 3. The van der Waals surface area contributed by atoms with Crippen LogP contribution >= 0.6 is 0 Å². The molecule has 1 amide bonds. The molecule has 0 radical (unpaired) electrons. The van der Waals surface area contributed by atoms with Gasteiger partial charge in [0.05, 0.1) is 24.1 Å². The molecule has 0 unspecified atom stereocenters. The molecule has 9 nitrogen and oxygen atoms in total. The number of anilines is 1. The Balaban J connectivity index is 1.72. The maximum absolute atomic E-state index is 13.7. The van der Waals surface area contributed by atoms with Gasteiger partial charge in [0.1, 0.15) is 17.5 Å². The molecule has 3 aromatic carbocycles. The zero-order valence-electron chi connectivity index (χ0n) is 19.8. The highest BCUT2D eigenvalue weighted by atomic mass is 16.6. The second-order valence-corrected chi connectivity index (χ2v) is 8.49. The first kappa shape index (κ1) is 24.5. The number of hydrogen-bond acceptors (Lipinski definition) is 6. The fourth-order valence-electron chi connectivity index (χ4n) is 4.10. The normalized spacial score (nSPS) is 15.2. The predicted octanol–water partition coefficient (Wildman–Crippen LogP) is 4.54. The first-order chi connectivity index (χ1) is 17.3. The van der Waals surface area contributed by atoms with Crippen LogP contribution in [-0.2, 0) is 17.8 Å². The standard InChI is InChI=1S/C27H25N3O6/c1-18-3-5-19(6-4-18)15-25-26(31)28(17-20-7-10-22(36-2)11-8-20)13-14-29(25)23-12-9-21(27(32)33)16-24(23)30(34)35/h3-14,16,25H,15,17H2,1-2H3,(H,32,33)/t25-/m0/s1. The second-order valence-electron chi connectivity index (χ2n) is 8.49. The quantitative estimate of drug-likeness (QED) is 0.367. The molecule has 0 aromatic heterocycles. The van der Waals surface area contributed by atoms with Crippen LogP contribution in [0.2, 0.25) is 0 Å². The number of methoxy groups -OCH3 is 1. The third-order valence-corrected chi connectivity index (χ3v) is 6.07. The van der Waals surface area contributed by atoms with E-state index in [0.717, 1.165) is 22.8 Å². The summed E-state index contributed by atoms with van der Waals surface area (Å²) in [6.45, 7) is 2.28. The molecular weight excluding hydrogens is 462 g/mol. The van der Waals surface area contributed by atoms with E-state index >= 15 is 0 Å². The Morgan fingerprint density at radius 3 is 2.31 bits per heavy atom. The minimum Gasteiger partial charge on any atom is -0.497 e. The lowest BCUT2D eigenvalue weighted by atomic mass is 9.99. The van der Waals surface area contributed by atoms with Gasteiger partial charge in [-0.3, -0.25) is 14.9 Å². The molecule has 1 aliphatic rings. The highest BCUT2D eigenvalue weighted by Crippen LogP contribution is 2.34. The summed E-state index contributed by atoms with van der Waals surface area (Å²) >= 11 is 0. The number of carboxylic acids is 1. The van der Waals surface area contributed by atoms with Crippen molar-refractivity contribution in [2.45, 2.75) is 25.9 Å². The summed E-state index contributed by atoms with van der Waals surface area (Å²) in [5, 5.41) is 21.1. The molecule has 0 fully saturated rings. The van der Waals surface area contributed by atoms with E-state index in [2.05, 4.69) is 0 Å². The molecule has 0 saturated heterocycles. The Bertz CT molecular complexity index is 1320. The number of hydrogen-bond donors (Lipinski definition) is 1. The van der Waals surface area contributed by atoms with Gasteiger partial charge in [0, 0.05) is 24.9 Å². The van der Waals surface area contributed by atoms with Gasteiger partial charge >= 0.3 is 5.97 Å². The number of carbonyl (C=O) groups is 2. The number of aryl methyl sites for hydroxylation is 1. The van der Waals surface area contributed by atoms with Crippen molar-refractivity contribution in [1.82, 2.24) is 4.90 Å². The Morgan fingerprint density at radius 2 is 1.69 bits per heavy atom. The molecule has 0 aliphatic carbocycles. The summed E-state index contributed by atoms with van der Waals surface area (Å²) in [4.78, 5) is 39.4. The van der Waals surface area contributed by atoms with Gasteiger partial charge in [-0.2, -0.15) is 0 Å². The van der Waals surface area contributed by atoms with Crippen molar-refractivity contribution in [1.29, 1.82) is 0 Å². The van der Waals surface area contributed by atoms with E-state index in [1.165, 1.54) is 12.1 Å². The summed E-state index contributed by atoms with van der Waals surface area (Å²) < 4.78 is 5.20. The SMILES string of the molecule is COc1ccc(CN2C=CN(c3ccc(C(=O)O)cc3[N+](=O)[O-])[C@@H](Cc3ccc(C)cc3)C2=O)cc1. The van der Waals surface area contributed by atoms with E-state index < -0.39 is 16.9 Å². The Morgan fingerprint density at radius 1 is 1.03 bits per heavy atom. The molecule has 9 heteroatoms. The topological polar surface area (TPSA) is 113 Å². The smallest absolute Gasteiger partial charge is 0.335 e. The monoisotopic (exact) mass is 487 g/mol. The number of ether oxygens (including phenoxy) is 1. The van der Waals surface area contributed by atoms with Gasteiger partial charge < -0.3 is 19.6 Å². The van der Waals surface area contributed by atoms with Crippen LogP contribution in [0.4, 0.5) is 11.4 Å². The van der Waals surface area contributed by atoms with Crippen molar-refractivity contribution in [2.75, 3.05) is 12.0 Å². The van der Waals surface area contributed by atoms with Crippen LogP contribution in [0.15, 0.2) is 79.1 Å². The van der Waals surface area contributed by atoms with Crippen molar-refractivity contribution in [3.8, 4) is 5.75 Å². The first-order valence-corrected chi connectivity index (χ1v) is 11.2. The third kappa shape index (κ3) is 5.20. The van der Waals surface area contributed by atoms with E-state index in [9.17, 15) is 24.8 Å². The molecule has 1 heterocycles. The van der Waals surface area contributed by atoms with Crippen molar-refractivity contribution in [3.05, 3.63) is 111 Å². The molecule has 0 saturated carbocycles. The number of carbonyl (C=O) groups excluding carboxylic acids is 1. The Hall–Kier alpha value is -4.66. The van der Waals surface area contributed by atoms with Crippen molar-refractivity contribution < 1.29 is 24.4 Å². The van der Waals surface area contributed by atoms with Crippen molar-refractivity contribution in [2.24, 2.45) is 0 Å². The molecule has 184 valence electrons. The average molecular weight is 488 g/mol. The third-order valence-electron chi connectivity index (χ3n) is 6.07. The van der Waals surface area contributed by atoms with E-state index in [4.69, 9.17) is 4.74 Å². The minimum atomic E-state index is -1.27. The highest BCUT2D eigenvalue weighted by Gasteiger charge is 2.35. The van der Waals surface area contributed by atoms with Gasteiger partial charge in [0.15, 0.2) is 0 Å². The maximum atomic E-state index is 13.7. The number of nitro groups is 1. The lowest BCUT2D eigenvalue weighted by Crippen LogP contribution is -2.49. The number of rotatable bonds is 8. The van der Waals surface area contributed by atoms with Crippen LogP contribution in [0.25, 0.3) is 0 Å². The maximum Gasteiger partial charge on any atom is 0.335 e.